The lowest BCUT2D eigenvalue weighted by molar-refractivity contribution is -0.143. The van der Waals surface area contributed by atoms with Gasteiger partial charge in [-0.25, -0.2) is 13.4 Å². The summed E-state index contributed by atoms with van der Waals surface area (Å²) >= 11 is 1.34. The third kappa shape index (κ3) is 2.63. The van der Waals surface area contributed by atoms with Gasteiger partial charge in [-0.2, -0.15) is 0 Å². The Morgan fingerprint density at radius 2 is 1.79 bits per heavy atom. The van der Waals surface area contributed by atoms with E-state index in [0.717, 1.165) is 19.3 Å². The van der Waals surface area contributed by atoms with Crippen LogP contribution in [-0.4, -0.2) is 71.7 Å². The van der Waals surface area contributed by atoms with Crippen molar-refractivity contribution in [1.29, 1.82) is 0 Å². The number of sulfone groups is 1. The second kappa shape index (κ2) is 5.80. The molecule has 1 aliphatic carbocycles. The molecule has 0 unspecified atom stereocenters. The van der Waals surface area contributed by atoms with Gasteiger partial charge in [-0.3, -0.25) is 9.59 Å². The minimum absolute atomic E-state index is 0.0368. The van der Waals surface area contributed by atoms with Crippen LogP contribution in [0.15, 0.2) is 10.9 Å². The number of nitrogens with zero attached hydrogens (tertiary/aromatic N) is 3. The number of aromatic nitrogens is 1. The smallest absolute Gasteiger partial charge is 0.273 e. The van der Waals surface area contributed by atoms with Crippen LogP contribution < -0.4 is 0 Å². The zero-order valence-electron chi connectivity index (χ0n) is 13.1. The molecule has 4 rings (SSSR count). The van der Waals surface area contributed by atoms with Crippen LogP contribution in [0.1, 0.15) is 29.8 Å². The topological polar surface area (TPSA) is 87.7 Å². The van der Waals surface area contributed by atoms with Crippen molar-refractivity contribution in [1.82, 2.24) is 14.8 Å². The van der Waals surface area contributed by atoms with E-state index in [0.29, 0.717) is 18.8 Å². The van der Waals surface area contributed by atoms with Gasteiger partial charge in [0.2, 0.25) is 5.91 Å². The summed E-state index contributed by atoms with van der Waals surface area (Å²) in [7, 11) is -3.25. The number of amides is 2. The van der Waals surface area contributed by atoms with E-state index in [9.17, 15) is 18.0 Å². The highest BCUT2D eigenvalue weighted by atomic mass is 32.2. The minimum Gasteiger partial charge on any atom is -0.335 e. The molecule has 0 N–H and O–H groups in total. The summed E-state index contributed by atoms with van der Waals surface area (Å²) in [5, 5.41) is 1.67. The first-order valence-electron chi connectivity index (χ1n) is 8.16. The van der Waals surface area contributed by atoms with Gasteiger partial charge in [0.1, 0.15) is 5.69 Å². The van der Waals surface area contributed by atoms with Crippen LogP contribution in [0.2, 0.25) is 0 Å². The molecule has 3 fully saturated rings. The van der Waals surface area contributed by atoms with E-state index in [1.165, 1.54) is 11.3 Å². The van der Waals surface area contributed by atoms with Gasteiger partial charge < -0.3 is 9.80 Å². The van der Waals surface area contributed by atoms with Gasteiger partial charge in [0.05, 0.1) is 29.1 Å². The number of fused-ring (bicyclic) bond motifs is 1. The number of hydrogen-bond donors (Lipinski definition) is 0. The van der Waals surface area contributed by atoms with E-state index < -0.39 is 21.9 Å². The number of hydrogen-bond acceptors (Lipinski definition) is 6. The number of carbonyl (C=O) groups is 2. The summed E-state index contributed by atoms with van der Waals surface area (Å²) in [4.78, 5) is 32.7. The summed E-state index contributed by atoms with van der Waals surface area (Å²) in [6.07, 6.45) is 2.84. The van der Waals surface area contributed by atoms with Crippen LogP contribution in [0.25, 0.3) is 0 Å². The molecule has 2 atom stereocenters. The first-order chi connectivity index (χ1) is 11.5. The number of piperazine rings is 1. The summed E-state index contributed by atoms with van der Waals surface area (Å²) in [5.41, 5.74) is 1.94. The van der Waals surface area contributed by atoms with Crippen LogP contribution in [0.4, 0.5) is 0 Å². The molecule has 0 radical (unpaired) electrons. The fourth-order valence-corrected chi connectivity index (χ4v) is 6.34. The fraction of sp³-hybridized carbons (Fsp3) is 0.667. The summed E-state index contributed by atoms with van der Waals surface area (Å²) in [6.45, 7) is 0.771. The van der Waals surface area contributed by atoms with Gasteiger partial charge in [-0.15, -0.1) is 11.3 Å². The highest BCUT2D eigenvalue weighted by molar-refractivity contribution is 7.91. The van der Waals surface area contributed by atoms with Crippen LogP contribution in [-0.2, 0) is 14.6 Å². The van der Waals surface area contributed by atoms with Gasteiger partial charge in [0.25, 0.3) is 5.91 Å². The van der Waals surface area contributed by atoms with Gasteiger partial charge in [-0.1, -0.05) is 6.42 Å². The highest BCUT2D eigenvalue weighted by Gasteiger charge is 2.50. The molecule has 9 heteroatoms. The Labute approximate surface area is 144 Å². The highest BCUT2D eigenvalue weighted by Crippen LogP contribution is 2.33. The molecule has 0 aromatic carbocycles. The maximum absolute atomic E-state index is 12.7. The van der Waals surface area contributed by atoms with Gasteiger partial charge in [-0.05, 0) is 12.8 Å². The van der Waals surface area contributed by atoms with E-state index in [2.05, 4.69) is 4.98 Å². The van der Waals surface area contributed by atoms with E-state index in [1.54, 1.807) is 20.7 Å². The molecule has 2 aliphatic heterocycles. The van der Waals surface area contributed by atoms with Gasteiger partial charge in [0.15, 0.2) is 9.84 Å². The number of rotatable bonds is 2. The summed E-state index contributed by atoms with van der Waals surface area (Å²) < 4.78 is 24.4. The zero-order valence-corrected chi connectivity index (χ0v) is 14.8. The molecule has 130 valence electrons. The quantitative estimate of drug-likeness (QED) is 0.753. The van der Waals surface area contributed by atoms with Crippen molar-refractivity contribution >= 4 is 33.0 Å². The third-order valence-electron chi connectivity index (χ3n) is 5.33. The summed E-state index contributed by atoms with van der Waals surface area (Å²) in [6, 6.07) is -0.874. The molecular weight excluding hydrogens is 350 g/mol. The lowest BCUT2D eigenvalue weighted by atomic mass is 9.83. The first kappa shape index (κ1) is 16.0. The second-order valence-electron chi connectivity index (χ2n) is 6.74. The van der Waals surface area contributed by atoms with Gasteiger partial charge >= 0.3 is 0 Å². The molecule has 1 aromatic rings. The fourth-order valence-electron chi connectivity index (χ4n) is 3.83. The Morgan fingerprint density at radius 3 is 2.38 bits per heavy atom. The monoisotopic (exact) mass is 369 g/mol. The molecule has 7 nitrogen and oxygen atoms in total. The third-order valence-corrected chi connectivity index (χ3v) is 7.61. The molecule has 3 heterocycles. The van der Waals surface area contributed by atoms with Crippen LogP contribution in [0.3, 0.4) is 0 Å². The number of thiazole rings is 1. The minimum atomic E-state index is -3.25. The van der Waals surface area contributed by atoms with Crippen molar-refractivity contribution < 1.29 is 18.0 Å². The molecule has 2 saturated heterocycles. The van der Waals surface area contributed by atoms with Crippen LogP contribution in [0, 0.1) is 5.92 Å². The van der Waals surface area contributed by atoms with E-state index in [1.807, 2.05) is 0 Å². The Bertz CT molecular complexity index is 758. The van der Waals surface area contributed by atoms with Crippen LogP contribution >= 0.6 is 11.3 Å². The van der Waals surface area contributed by atoms with Crippen molar-refractivity contribution in [2.24, 2.45) is 5.92 Å². The Morgan fingerprint density at radius 1 is 1.12 bits per heavy atom. The van der Waals surface area contributed by atoms with Crippen molar-refractivity contribution in [3.63, 3.8) is 0 Å². The molecule has 1 saturated carbocycles. The van der Waals surface area contributed by atoms with E-state index in [-0.39, 0.29) is 29.2 Å². The molecule has 3 aliphatic rings. The van der Waals surface area contributed by atoms with Crippen molar-refractivity contribution in [2.75, 3.05) is 24.6 Å². The average molecular weight is 369 g/mol. The lowest BCUT2D eigenvalue weighted by Crippen LogP contribution is -2.63. The van der Waals surface area contributed by atoms with Crippen LogP contribution in [0.5, 0.6) is 0 Å². The molecule has 0 spiro atoms. The summed E-state index contributed by atoms with van der Waals surface area (Å²) in [5.74, 6) is -0.248. The maximum atomic E-state index is 12.7. The van der Waals surface area contributed by atoms with Gasteiger partial charge in [0, 0.05) is 24.4 Å². The second-order valence-corrected chi connectivity index (χ2v) is 9.62. The first-order valence-corrected chi connectivity index (χ1v) is 10.9. The Hall–Kier alpha value is -1.48. The number of carbonyl (C=O) groups excluding carboxylic acids is 2. The lowest BCUT2D eigenvalue weighted by Gasteiger charge is -2.45. The van der Waals surface area contributed by atoms with E-state index >= 15 is 0 Å². The molecule has 0 bridgehead atoms. The normalized spacial score (nSPS) is 29.2. The predicted molar refractivity (Wildman–Crippen MR) is 88.4 cm³/mol. The molecule has 2 amide bonds. The molecule has 24 heavy (non-hydrogen) atoms. The SMILES string of the molecule is O=C(C1CCC1)N1CCN(C(=O)c2cscn2)[C@H]2CS(=O)(=O)C[C@H]21. The largest absolute Gasteiger partial charge is 0.335 e. The Balaban J connectivity index is 1.60. The molecule has 1 aromatic heterocycles. The van der Waals surface area contributed by atoms with Crippen molar-refractivity contribution in [3.8, 4) is 0 Å². The standard InChI is InChI=1S/C15H19N3O4S2/c19-14(10-2-1-3-10)17-4-5-18(15(20)11-6-23-9-16-11)13-8-24(21,22)7-12(13)17/h6,9-10,12-13H,1-5,7-8H2/t12-,13+/m1/s1. The maximum Gasteiger partial charge on any atom is 0.273 e. The van der Waals surface area contributed by atoms with Crippen molar-refractivity contribution in [3.05, 3.63) is 16.6 Å². The predicted octanol–water partition coefficient (Wildman–Crippen LogP) is 0.393. The Kier molecular flexibility index (Phi) is 3.87. The van der Waals surface area contributed by atoms with E-state index in [4.69, 9.17) is 0 Å². The molecular formula is C15H19N3O4S2. The average Bonchev–Trinajstić information content (AvgIpc) is 3.09. The van der Waals surface area contributed by atoms with Crippen molar-refractivity contribution in [2.45, 2.75) is 31.3 Å². The zero-order chi connectivity index (χ0) is 16.9.